The number of benzene rings is 1. The highest BCUT2D eigenvalue weighted by atomic mass is 19.1. The zero-order chi connectivity index (χ0) is 18.6. The standard InChI is InChI=1S/C19H24FN3O3/c1-12-2-3-14(20)13(8-12)15(24)23-11-17-9-18(10-17,16(21)25)19(26-17)4-6-22-7-5-19/h2-3,8,22H,4-7,9-11H2,1H3,(H2,21,25)(H,23,24). The van der Waals surface area contributed by atoms with Gasteiger partial charge in [0.1, 0.15) is 5.82 Å². The largest absolute Gasteiger partial charge is 0.369 e. The summed E-state index contributed by atoms with van der Waals surface area (Å²) in [6.45, 7) is 3.63. The lowest BCUT2D eigenvalue weighted by Crippen LogP contribution is -2.60. The second-order valence-corrected chi connectivity index (χ2v) is 8.00. The molecular formula is C19H24FN3O3. The van der Waals surface area contributed by atoms with Gasteiger partial charge in [-0.25, -0.2) is 4.39 Å². The van der Waals surface area contributed by atoms with Crippen molar-refractivity contribution in [2.75, 3.05) is 19.6 Å². The average molecular weight is 361 g/mol. The molecule has 7 heteroatoms. The van der Waals surface area contributed by atoms with Gasteiger partial charge in [-0.15, -0.1) is 0 Å². The molecule has 26 heavy (non-hydrogen) atoms. The van der Waals surface area contributed by atoms with Crippen molar-refractivity contribution in [2.45, 2.75) is 43.8 Å². The minimum Gasteiger partial charge on any atom is -0.369 e. The predicted molar refractivity (Wildman–Crippen MR) is 93.0 cm³/mol. The highest BCUT2D eigenvalue weighted by molar-refractivity contribution is 5.94. The number of rotatable bonds is 4. The summed E-state index contributed by atoms with van der Waals surface area (Å²) in [5, 5.41) is 6.08. The number of aryl methyl sites for hydroxylation is 1. The molecule has 1 aromatic rings. The molecule has 5 rings (SSSR count). The van der Waals surface area contributed by atoms with Crippen LogP contribution in [0.4, 0.5) is 4.39 Å². The van der Waals surface area contributed by atoms with E-state index in [1.807, 2.05) is 6.92 Å². The van der Waals surface area contributed by atoms with E-state index in [0.29, 0.717) is 12.8 Å². The molecule has 2 amide bonds. The Morgan fingerprint density at radius 2 is 2.00 bits per heavy atom. The van der Waals surface area contributed by atoms with Gasteiger partial charge in [-0.05, 0) is 57.8 Å². The zero-order valence-electron chi connectivity index (χ0n) is 14.9. The van der Waals surface area contributed by atoms with Crippen LogP contribution >= 0.6 is 0 Å². The number of carbonyl (C=O) groups is 2. The second-order valence-electron chi connectivity index (χ2n) is 8.00. The Balaban J connectivity index is 1.49. The quantitative estimate of drug-likeness (QED) is 0.746. The number of primary amides is 1. The Kier molecular flexibility index (Phi) is 3.86. The maximum Gasteiger partial charge on any atom is 0.254 e. The van der Waals surface area contributed by atoms with E-state index in [2.05, 4.69) is 10.6 Å². The summed E-state index contributed by atoms with van der Waals surface area (Å²) in [5.74, 6) is -1.33. The van der Waals surface area contributed by atoms with Crippen molar-refractivity contribution in [3.63, 3.8) is 0 Å². The summed E-state index contributed by atoms with van der Waals surface area (Å²) in [6.07, 6.45) is 2.51. The molecule has 4 aliphatic rings. The maximum atomic E-state index is 13.9. The van der Waals surface area contributed by atoms with E-state index in [9.17, 15) is 14.0 Å². The summed E-state index contributed by atoms with van der Waals surface area (Å²) in [5.41, 5.74) is 4.82. The molecule has 0 radical (unpaired) electrons. The van der Waals surface area contributed by atoms with Crippen molar-refractivity contribution in [3.8, 4) is 0 Å². The number of amides is 2. The van der Waals surface area contributed by atoms with Crippen LogP contribution in [0.5, 0.6) is 0 Å². The Labute approximate surface area is 151 Å². The van der Waals surface area contributed by atoms with Gasteiger partial charge in [-0.2, -0.15) is 0 Å². The highest BCUT2D eigenvalue weighted by Crippen LogP contribution is 2.68. The third-order valence-electron chi connectivity index (χ3n) is 6.35. The number of piperidine rings is 1. The average Bonchev–Trinajstić information content (AvgIpc) is 3.00. The van der Waals surface area contributed by atoms with Crippen molar-refractivity contribution < 1.29 is 18.7 Å². The maximum absolute atomic E-state index is 13.9. The molecule has 0 aromatic heterocycles. The lowest BCUT2D eigenvalue weighted by Gasteiger charge is -2.47. The second kappa shape index (κ2) is 5.76. The summed E-state index contributed by atoms with van der Waals surface area (Å²) < 4.78 is 20.3. The Morgan fingerprint density at radius 3 is 2.65 bits per heavy atom. The summed E-state index contributed by atoms with van der Waals surface area (Å²) in [6, 6.07) is 4.44. The van der Waals surface area contributed by atoms with E-state index < -0.39 is 28.3 Å². The minimum absolute atomic E-state index is 0.0245. The van der Waals surface area contributed by atoms with Gasteiger partial charge in [0, 0.05) is 6.54 Å². The third kappa shape index (κ3) is 2.37. The first-order valence-electron chi connectivity index (χ1n) is 9.07. The van der Waals surface area contributed by atoms with Crippen LogP contribution in [0.25, 0.3) is 0 Å². The molecule has 4 fully saturated rings. The van der Waals surface area contributed by atoms with E-state index in [1.165, 1.54) is 12.1 Å². The molecule has 0 atom stereocenters. The topological polar surface area (TPSA) is 93.5 Å². The fourth-order valence-corrected chi connectivity index (χ4v) is 5.08. The van der Waals surface area contributed by atoms with Gasteiger partial charge in [-0.1, -0.05) is 11.6 Å². The summed E-state index contributed by atoms with van der Waals surface area (Å²) >= 11 is 0. The van der Waals surface area contributed by atoms with Gasteiger partial charge in [0.05, 0.1) is 22.2 Å². The van der Waals surface area contributed by atoms with Crippen LogP contribution in [0.15, 0.2) is 18.2 Å². The first-order chi connectivity index (χ1) is 12.3. The Bertz CT molecular complexity index is 767. The minimum atomic E-state index is -0.644. The van der Waals surface area contributed by atoms with Crippen LogP contribution in [-0.2, 0) is 9.53 Å². The number of halogens is 1. The fourth-order valence-electron chi connectivity index (χ4n) is 5.08. The van der Waals surface area contributed by atoms with Crippen LogP contribution in [0.1, 0.15) is 41.6 Å². The van der Waals surface area contributed by atoms with E-state index in [1.54, 1.807) is 6.07 Å². The van der Waals surface area contributed by atoms with E-state index >= 15 is 0 Å². The van der Waals surface area contributed by atoms with Gasteiger partial charge < -0.3 is 21.1 Å². The predicted octanol–water partition coefficient (Wildman–Crippen LogP) is 1.02. The number of ether oxygens (including phenoxy) is 1. The normalized spacial score (nSPS) is 31.5. The van der Waals surface area contributed by atoms with Gasteiger partial charge in [0.2, 0.25) is 5.91 Å². The van der Waals surface area contributed by atoms with Gasteiger partial charge in [0.15, 0.2) is 0 Å². The molecule has 1 aliphatic carbocycles. The number of hydrogen-bond donors (Lipinski definition) is 3. The molecule has 0 unspecified atom stereocenters. The van der Waals surface area contributed by atoms with E-state index in [-0.39, 0.29) is 18.0 Å². The van der Waals surface area contributed by atoms with E-state index in [0.717, 1.165) is 31.5 Å². The molecule has 1 spiro atoms. The first-order valence-corrected chi connectivity index (χ1v) is 9.07. The fraction of sp³-hybridized carbons (Fsp3) is 0.579. The number of hydrogen-bond acceptors (Lipinski definition) is 4. The van der Waals surface area contributed by atoms with Crippen molar-refractivity contribution in [3.05, 3.63) is 35.1 Å². The number of nitrogens with one attached hydrogen (secondary N) is 2. The molecule has 6 nitrogen and oxygen atoms in total. The van der Waals surface area contributed by atoms with Crippen molar-refractivity contribution in [2.24, 2.45) is 11.1 Å². The van der Waals surface area contributed by atoms with Gasteiger partial charge >= 0.3 is 0 Å². The summed E-state index contributed by atoms with van der Waals surface area (Å²) in [4.78, 5) is 24.6. The molecule has 1 aromatic carbocycles. The molecule has 140 valence electrons. The monoisotopic (exact) mass is 361 g/mol. The lowest BCUT2D eigenvalue weighted by atomic mass is 9.53. The highest BCUT2D eigenvalue weighted by Gasteiger charge is 2.77. The lowest BCUT2D eigenvalue weighted by molar-refractivity contribution is -0.137. The smallest absolute Gasteiger partial charge is 0.254 e. The summed E-state index contributed by atoms with van der Waals surface area (Å²) in [7, 11) is 0. The molecule has 3 aliphatic heterocycles. The zero-order valence-corrected chi connectivity index (χ0v) is 14.9. The third-order valence-corrected chi connectivity index (χ3v) is 6.35. The van der Waals surface area contributed by atoms with Crippen molar-refractivity contribution in [1.29, 1.82) is 0 Å². The molecule has 2 bridgehead atoms. The molecular weight excluding hydrogens is 337 g/mol. The number of carbonyl (C=O) groups excluding carboxylic acids is 2. The van der Waals surface area contributed by atoms with Crippen LogP contribution in [-0.4, -0.2) is 42.7 Å². The molecule has 3 heterocycles. The van der Waals surface area contributed by atoms with Crippen molar-refractivity contribution in [1.82, 2.24) is 10.6 Å². The first kappa shape index (κ1) is 17.4. The van der Waals surface area contributed by atoms with Crippen LogP contribution in [0.2, 0.25) is 0 Å². The van der Waals surface area contributed by atoms with Crippen LogP contribution in [0, 0.1) is 18.2 Å². The molecule has 4 N–H and O–H groups in total. The SMILES string of the molecule is Cc1ccc(F)c(C(=O)NCC23CC(C(N)=O)(C2)C2(CCNCC2)O3)c1. The number of nitrogens with two attached hydrogens (primary N) is 1. The van der Waals surface area contributed by atoms with Crippen LogP contribution < -0.4 is 16.4 Å². The van der Waals surface area contributed by atoms with Crippen molar-refractivity contribution >= 4 is 11.8 Å². The Hall–Kier alpha value is -1.99. The molecule has 1 saturated carbocycles. The van der Waals surface area contributed by atoms with E-state index in [4.69, 9.17) is 10.5 Å². The van der Waals surface area contributed by atoms with Gasteiger partial charge in [0.25, 0.3) is 5.91 Å². The Morgan fingerprint density at radius 1 is 1.31 bits per heavy atom. The molecule has 3 saturated heterocycles. The van der Waals surface area contributed by atoms with Crippen LogP contribution in [0.3, 0.4) is 0 Å². The van der Waals surface area contributed by atoms with Gasteiger partial charge in [-0.3, -0.25) is 9.59 Å².